The molecule has 3 aromatic rings. The molecular formula is C23H23Br. The Morgan fingerprint density at radius 1 is 0.750 bits per heavy atom. The molecule has 0 radical (unpaired) electrons. The van der Waals surface area contributed by atoms with Crippen LogP contribution in [0.25, 0.3) is 22.3 Å². The fourth-order valence-corrected chi connectivity index (χ4v) is 3.49. The summed E-state index contributed by atoms with van der Waals surface area (Å²) in [6.07, 6.45) is 3.69. The minimum Gasteiger partial charge on any atom is -0.0876 e. The van der Waals surface area contributed by atoms with Gasteiger partial charge in [0.2, 0.25) is 0 Å². The zero-order valence-corrected chi connectivity index (χ0v) is 15.7. The predicted octanol–water partition coefficient (Wildman–Crippen LogP) is 7.26. The first-order valence-electron chi connectivity index (χ1n) is 8.65. The topological polar surface area (TPSA) is 0 Å². The molecule has 0 unspecified atom stereocenters. The van der Waals surface area contributed by atoms with E-state index in [0.717, 1.165) is 5.33 Å². The van der Waals surface area contributed by atoms with E-state index in [1.165, 1.54) is 52.6 Å². The largest absolute Gasteiger partial charge is 0.0876 e. The lowest BCUT2D eigenvalue weighted by Crippen LogP contribution is -1.89. The molecule has 0 amide bonds. The van der Waals surface area contributed by atoms with Crippen molar-refractivity contribution in [3.05, 3.63) is 83.9 Å². The number of hydrogen-bond acceptors (Lipinski definition) is 0. The summed E-state index contributed by atoms with van der Waals surface area (Å²) in [4.78, 5) is 0. The number of benzene rings is 3. The second-order valence-electron chi connectivity index (χ2n) is 6.17. The first-order chi connectivity index (χ1) is 11.8. The first-order valence-corrected chi connectivity index (χ1v) is 9.77. The van der Waals surface area contributed by atoms with Gasteiger partial charge in [-0.2, -0.15) is 0 Å². The number of aryl methyl sites for hydroxylation is 1. The molecule has 0 atom stereocenters. The molecule has 1 heteroatoms. The monoisotopic (exact) mass is 378 g/mol. The quantitative estimate of drug-likeness (QED) is 0.396. The van der Waals surface area contributed by atoms with Gasteiger partial charge in [0, 0.05) is 5.33 Å². The minimum absolute atomic E-state index is 0.861. The van der Waals surface area contributed by atoms with E-state index < -0.39 is 0 Å². The molecule has 0 aliphatic heterocycles. The third-order valence-electron chi connectivity index (χ3n) is 4.44. The Morgan fingerprint density at radius 3 is 2.12 bits per heavy atom. The summed E-state index contributed by atoms with van der Waals surface area (Å²) >= 11 is 3.65. The van der Waals surface area contributed by atoms with Crippen molar-refractivity contribution in [3.8, 4) is 22.3 Å². The maximum atomic E-state index is 3.65. The number of rotatable bonds is 6. The average molecular weight is 379 g/mol. The van der Waals surface area contributed by atoms with Gasteiger partial charge >= 0.3 is 0 Å². The van der Waals surface area contributed by atoms with E-state index in [9.17, 15) is 0 Å². The number of hydrogen-bond donors (Lipinski definition) is 0. The zero-order chi connectivity index (χ0) is 16.8. The molecule has 0 N–H and O–H groups in total. The second kappa shape index (κ2) is 8.30. The van der Waals surface area contributed by atoms with E-state index in [1.54, 1.807) is 0 Å². The molecule has 0 heterocycles. The van der Waals surface area contributed by atoms with E-state index in [0.29, 0.717) is 0 Å². The van der Waals surface area contributed by atoms with Gasteiger partial charge in [0.15, 0.2) is 0 Å². The molecule has 0 spiro atoms. The van der Waals surface area contributed by atoms with E-state index in [2.05, 4.69) is 95.7 Å². The van der Waals surface area contributed by atoms with Gasteiger partial charge in [0.1, 0.15) is 0 Å². The predicted molar refractivity (Wildman–Crippen MR) is 109 cm³/mol. The van der Waals surface area contributed by atoms with Gasteiger partial charge in [-0.25, -0.2) is 0 Å². The molecule has 0 nitrogen and oxygen atoms in total. The van der Waals surface area contributed by atoms with Crippen LogP contribution in [0.1, 0.15) is 30.9 Å². The SMILES string of the molecule is CCCCc1ccc(-c2ccc(-c3ccccc3)c(CBr)c2)cc1. The van der Waals surface area contributed by atoms with Crippen LogP contribution in [-0.4, -0.2) is 0 Å². The number of alkyl halides is 1. The van der Waals surface area contributed by atoms with Crippen molar-refractivity contribution in [2.75, 3.05) is 0 Å². The highest BCUT2D eigenvalue weighted by Crippen LogP contribution is 2.30. The summed E-state index contributed by atoms with van der Waals surface area (Å²) in [6, 6.07) is 26.4. The molecule has 122 valence electrons. The molecule has 24 heavy (non-hydrogen) atoms. The first kappa shape index (κ1) is 17.0. The Morgan fingerprint density at radius 2 is 1.46 bits per heavy atom. The van der Waals surface area contributed by atoms with Gasteiger partial charge in [0.25, 0.3) is 0 Å². The van der Waals surface area contributed by atoms with Crippen LogP contribution in [0.5, 0.6) is 0 Å². The van der Waals surface area contributed by atoms with Crippen LogP contribution in [0, 0.1) is 0 Å². The van der Waals surface area contributed by atoms with Crippen molar-refractivity contribution in [2.24, 2.45) is 0 Å². The normalized spacial score (nSPS) is 10.8. The Hall–Kier alpha value is -1.86. The molecule has 0 bridgehead atoms. The molecule has 0 fully saturated rings. The van der Waals surface area contributed by atoms with Gasteiger partial charge < -0.3 is 0 Å². The highest BCUT2D eigenvalue weighted by atomic mass is 79.9. The van der Waals surface area contributed by atoms with Crippen LogP contribution in [0.2, 0.25) is 0 Å². The van der Waals surface area contributed by atoms with Gasteiger partial charge in [-0.05, 0) is 52.3 Å². The molecule has 0 saturated heterocycles. The zero-order valence-electron chi connectivity index (χ0n) is 14.1. The third-order valence-corrected chi connectivity index (χ3v) is 5.04. The lowest BCUT2D eigenvalue weighted by Gasteiger charge is -2.11. The molecule has 0 aliphatic carbocycles. The molecular weight excluding hydrogens is 356 g/mol. The van der Waals surface area contributed by atoms with E-state index in [-0.39, 0.29) is 0 Å². The highest BCUT2D eigenvalue weighted by molar-refractivity contribution is 9.08. The van der Waals surface area contributed by atoms with Crippen LogP contribution in [0.3, 0.4) is 0 Å². The summed E-state index contributed by atoms with van der Waals surface area (Å²) in [5.74, 6) is 0. The van der Waals surface area contributed by atoms with Gasteiger partial charge in [-0.3, -0.25) is 0 Å². The lowest BCUT2D eigenvalue weighted by molar-refractivity contribution is 0.795. The van der Waals surface area contributed by atoms with Crippen molar-refractivity contribution in [1.29, 1.82) is 0 Å². The lowest BCUT2D eigenvalue weighted by atomic mass is 9.95. The molecule has 0 aliphatic rings. The maximum Gasteiger partial charge on any atom is 0.0289 e. The van der Waals surface area contributed by atoms with Crippen molar-refractivity contribution in [3.63, 3.8) is 0 Å². The number of halogens is 1. The Bertz CT molecular complexity index is 773. The van der Waals surface area contributed by atoms with Crippen LogP contribution in [0.15, 0.2) is 72.8 Å². The Labute approximate surface area is 153 Å². The average Bonchev–Trinajstić information content (AvgIpc) is 2.67. The Balaban J connectivity index is 1.89. The van der Waals surface area contributed by atoms with Crippen molar-refractivity contribution in [1.82, 2.24) is 0 Å². The summed E-state index contributed by atoms with van der Waals surface area (Å²) in [5, 5.41) is 0.861. The van der Waals surface area contributed by atoms with E-state index >= 15 is 0 Å². The summed E-state index contributed by atoms with van der Waals surface area (Å²) in [5.41, 5.74) is 7.91. The second-order valence-corrected chi connectivity index (χ2v) is 6.73. The van der Waals surface area contributed by atoms with E-state index in [1.807, 2.05) is 0 Å². The summed E-state index contributed by atoms with van der Waals surface area (Å²) in [6.45, 7) is 2.24. The number of unbranched alkanes of at least 4 members (excludes halogenated alkanes) is 1. The van der Waals surface area contributed by atoms with Gasteiger partial charge in [-0.1, -0.05) is 96.0 Å². The van der Waals surface area contributed by atoms with Crippen LogP contribution < -0.4 is 0 Å². The molecule has 3 aromatic carbocycles. The third kappa shape index (κ3) is 3.96. The molecule has 0 aromatic heterocycles. The molecule has 3 rings (SSSR count). The highest BCUT2D eigenvalue weighted by Gasteiger charge is 2.07. The maximum absolute atomic E-state index is 3.65. The summed E-state index contributed by atoms with van der Waals surface area (Å²) < 4.78 is 0. The Kier molecular flexibility index (Phi) is 5.87. The van der Waals surface area contributed by atoms with Crippen molar-refractivity contribution in [2.45, 2.75) is 31.5 Å². The van der Waals surface area contributed by atoms with Gasteiger partial charge in [-0.15, -0.1) is 0 Å². The summed E-state index contributed by atoms with van der Waals surface area (Å²) in [7, 11) is 0. The van der Waals surface area contributed by atoms with Gasteiger partial charge in [0.05, 0.1) is 0 Å². The fourth-order valence-electron chi connectivity index (χ4n) is 3.03. The standard InChI is InChI=1S/C23H23Br/c1-2-3-7-18-10-12-19(13-11-18)21-14-15-23(22(16-21)17-24)20-8-5-4-6-9-20/h4-6,8-16H,2-3,7,17H2,1H3. The van der Waals surface area contributed by atoms with Crippen molar-refractivity contribution >= 4 is 15.9 Å². The van der Waals surface area contributed by atoms with Crippen LogP contribution in [0.4, 0.5) is 0 Å². The molecule has 0 saturated carbocycles. The van der Waals surface area contributed by atoms with E-state index in [4.69, 9.17) is 0 Å². The van der Waals surface area contributed by atoms with Crippen LogP contribution in [-0.2, 0) is 11.8 Å². The van der Waals surface area contributed by atoms with Crippen LogP contribution >= 0.6 is 15.9 Å². The smallest absolute Gasteiger partial charge is 0.0289 e. The fraction of sp³-hybridized carbons (Fsp3) is 0.217. The van der Waals surface area contributed by atoms with Crippen molar-refractivity contribution < 1.29 is 0 Å². The minimum atomic E-state index is 0.861.